The zero-order chi connectivity index (χ0) is 59.4. The molecule has 434 valence electrons. The molecule has 4 amide bonds. The van der Waals surface area contributed by atoms with Crippen LogP contribution in [0, 0.1) is 0 Å². The highest BCUT2D eigenvalue weighted by atomic mass is 16.6. The van der Waals surface area contributed by atoms with Crippen LogP contribution in [0.3, 0.4) is 0 Å². The summed E-state index contributed by atoms with van der Waals surface area (Å²) in [5, 5.41) is 8.82. The Labute approximate surface area is 472 Å². The number of carbonyl (C=O) groups is 6. The molecule has 4 atom stereocenters. The lowest BCUT2D eigenvalue weighted by molar-refractivity contribution is -0.119. The van der Waals surface area contributed by atoms with Crippen molar-refractivity contribution in [1.82, 2.24) is 20.9 Å². The van der Waals surface area contributed by atoms with Gasteiger partial charge in [-0.05, 0) is 170 Å². The Morgan fingerprint density at radius 1 is 0.500 bits per heavy atom. The van der Waals surface area contributed by atoms with Crippen molar-refractivity contribution in [2.75, 3.05) is 10.6 Å². The van der Waals surface area contributed by atoms with Gasteiger partial charge in [0.15, 0.2) is 5.78 Å². The highest BCUT2D eigenvalue weighted by molar-refractivity contribution is 5.92. The second-order valence-corrected chi connectivity index (χ2v) is 24.7. The molecule has 4 aromatic rings. The van der Waals surface area contributed by atoms with E-state index in [-0.39, 0.29) is 43.0 Å². The number of hydrazine groups is 2. The minimum atomic E-state index is -0.883. The van der Waals surface area contributed by atoms with Gasteiger partial charge in [-0.2, -0.15) is 10.0 Å². The number of ether oxygens (including phenoxy) is 6. The van der Waals surface area contributed by atoms with Crippen LogP contribution in [0.2, 0.25) is 0 Å². The smallest absolute Gasteiger partial charge is 0.422 e. The number of nitrogens with one attached hydrogen (secondary N) is 4. The number of amides is 4. The van der Waals surface area contributed by atoms with Crippen LogP contribution in [0.25, 0.3) is 0 Å². The molecule has 2 fully saturated rings. The zero-order valence-corrected chi connectivity index (χ0v) is 49.5. The van der Waals surface area contributed by atoms with Crippen molar-refractivity contribution < 1.29 is 57.2 Å². The van der Waals surface area contributed by atoms with Crippen LogP contribution >= 0.6 is 0 Å². The van der Waals surface area contributed by atoms with Gasteiger partial charge >= 0.3 is 24.4 Å². The lowest BCUT2D eigenvalue weighted by Gasteiger charge is -2.34. The second kappa shape index (κ2) is 26.4. The minimum Gasteiger partial charge on any atom is -0.444 e. The molecule has 0 spiro atoms. The third kappa shape index (κ3) is 20.8. The van der Waals surface area contributed by atoms with Crippen LogP contribution in [-0.2, 0) is 50.9 Å². The number of hydrogen-bond donors (Lipinski definition) is 4. The Balaban J connectivity index is 0.000000294. The molecule has 0 unspecified atom stereocenters. The van der Waals surface area contributed by atoms with E-state index in [1.54, 1.807) is 136 Å². The monoisotopic (exact) mass is 1100 g/mol. The molecule has 18 heteroatoms. The summed E-state index contributed by atoms with van der Waals surface area (Å²) >= 11 is 0. The molecular weight excluding hydrogens is 1020 g/mol. The van der Waals surface area contributed by atoms with Gasteiger partial charge in [-0.25, -0.2) is 19.2 Å². The number of nitrogens with zero attached hydrogens (tertiary/aromatic N) is 2. The number of ketones is 2. The van der Waals surface area contributed by atoms with E-state index < -0.39 is 70.4 Å². The van der Waals surface area contributed by atoms with E-state index in [2.05, 4.69) is 21.5 Å². The first-order valence-corrected chi connectivity index (χ1v) is 27.0. The van der Waals surface area contributed by atoms with Crippen molar-refractivity contribution >= 4 is 47.3 Å². The van der Waals surface area contributed by atoms with Gasteiger partial charge in [0.05, 0.1) is 12.1 Å². The molecule has 18 nitrogen and oxygen atoms in total. The summed E-state index contributed by atoms with van der Waals surface area (Å²) in [6.07, 6.45) is 1.39. The molecule has 4 aromatic carbocycles. The van der Waals surface area contributed by atoms with Crippen molar-refractivity contribution in [3.05, 3.63) is 144 Å². The van der Waals surface area contributed by atoms with Crippen LogP contribution < -0.4 is 21.5 Å². The third-order valence-corrected chi connectivity index (χ3v) is 11.9. The van der Waals surface area contributed by atoms with Gasteiger partial charge in [-0.15, -0.1) is 0 Å². The SMILES string of the molecule is CC(C)(C)OC(=O)Nc1ccc(CC(=O)/C=C/[C@@H]2[C@@H](c3ccccc3)OC(C)(C)N2NC(=O)OC(C)(C)C)cc1.CC(C)(C)OC(=O)Nc1ccc(CC(=O)CC[C@@H]2[C@@H](c3ccccc3)OC(C)(C)N2NC(=O)OC(C)(C)C)cc1. The summed E-state index contributed by atoms with van der Waals surface area (Å²) in [6.45, 7) is 29.1. The fourth-order valence-electron chi connectivity index (χ4n) is 8.79. The minimum absolute atomic E-state index is 0.0570. The quantitative estimate of drug-likeness (QED) is 0.0644. The van der Waals surface area contributed by atoms with Crippen molar-refractivity contribution in [3.8, 4) is 0 Å². The standard InChI is InChI=1S/C31H43N3O6.C31H41N3O6/c2*1-29(2,3)39-27(36)32-23-16-14-21(15-17-23)20-24(35)18-19-25-26(22-12-10-9-11-13-22)38-31(7,8)34(25)33-28(37)40-30(4,5)6/h9-17,25-26H,18-20H2,1-8H3,(H,32,36)(H,33,37);9-19,25-26H,20H2,1-8H3,(H,32,36)(H,33,37)/b;19-18+/t2*25-,26-/m11/s1. The molecule has 2 aliphatic heterocycles. The van der Waals surface area contributed by atoms with Crippen LogP contribution in [0.5, 0.6) is 0 Å². The van der Waals surface area contributed by atoms with Gasteiger partial charge in [0, 0.05) is 30.6 Å². The number of rotatable bonds is 15. The summed E-state index contributed by atoms with van der Waals surface area (Å²) in [5.41, 5.74) is 6.14. The maximum absolute atomic E-state index is 13.0. The van der Waals surface area contributed by atoms with E-state index in [1.165, 1.54) is 6.08 Å². The Bertz CT molecular complexity index is 2760. The Kier molecular flexibility index (Phi) is 21.1. The van der Waals surface area contributed by atoms with Crippen LogP contribution in [-0.4, -0.2) is 91.9 Å². The Morgan fingerprint density at radius 3 is 1.31 bits per heavy atom. The normalized spacial score (nSPS) is 19.2. The van der Waals surface area contributed by atoms with Crippen molar-refractivity contribution in [2.24, 2.45) is 0 Å². The van der Waals surface area contributed by atoms with E-state index in [4.69, 9.17) is 28.4 Å². The van der Waals surface area contributed by atoms with E-state index >= 15 is 0 Å². The van der Waals surface area contributed by atoms with Gasteiger partial charge in [0.2, 0.25) is 0 Å². The first-order chi connectivity index (χ1) is 37.0. The average Bonchev–Trinajstić information content (AvgIpc) is 3.72. The van der Waals surface area contributed by atoms with Crippen molar-refractivity contribution in [1.29, 1.82) is 0 Å². The van der Waals surface area contributed by atoms with Crippen LogP contribution in [0.4, 0.5) is 30.6 Å². The Morgan fingerprint density at radius 2 is 0.875 bits per heavy atom. The van der Waals surface area contributed by atoms with E-state index in [0.717, 1.165) is 22.3 Å². The predicted molar refractivity (Wildman–Crippen MR) is 307 cm³/mol. The molecule has 2 aliphatic rings. The van der Waals surface area contributed by atoms with Crippen LogP contribution in [0.1, 0.15) is 158 Å². The van der Waals surface area contributed by atoms with Gasteiger partial charge in [0.1, 0.15) is 51.8 Å². The summed E-state index contributed by atoms with van der Waals surface area (Å²) in [4.78, 5) is 75.4. The molecule has 6 rings (SSSR count). The zero-order valence-electron chi connectivity index (χ0n) is 49.5. The third-order valence-electron chi connectivity index (χ3n) is 11.9. The number of anilines is 2. The lowest BCUT2D eigenvalue weighted by atomic mass is 9.96. The predicted octanol–water partition coefficient (Wildman–Crippen LogP) is 12.9. The second-order valence-electron chi connectivity index (χ2n) is 24.7. The molecule has 4 N–H and O–H groups in total. The first kappa shape index (κ1) is 63.7. The topological polar surface area (TPSA) is 212 Å². The fourth-order valence-corrected chi connectivity index (χ4v) is 8.79. The van der Waals surface area contributed by atoms with Crippen molar-refractivity contribution in [3.63, 3.8) is 0 Å². The fraction of sp³-hybridized carbons (Fsp3) is 0.484. The molecule has 80 heavy (non-hydrogen) atoms. The van der Waals surface area contributed by atoms with E-state index in [0.29, 0.717) is 17.8 Å². The molecular formula is C62H84N6O12. The van der Waals surface area contributed by atoms with E-state index in [9.17, 15) is 28.8 Å². The number of hydrogen-bond acceptors (Lipinski definition) is 14. The molecule has 0 aliphatic carbocycles. The summed E-state index contributed by atoms with van der Waals surface area (Å²) in [6, 6.07) is 32.8. The summed E-state index contributed by atoms with van der Waals surface area (Å²) in [5.74, 6) is -0.0665. The van der Waals surface area contributed by atoms with Gasteiger partial charge in [-0.1, -0.05) is 91.0 Å². The molecule has 0 bridgehead atoms. The molecule has 2 saturated heterocycles. The van der Waals surface area contributed by atoms with E-state index in [1.807, 2.05) is 100 Å². The molecule has 2 heterocycles. The van der Waals surface area contributed by atoms with Gasteiger partial charge < -0.3 is 28.4 Å². The number of benzene rings is 4. The van der Waals surface area contributed by atoms with Gasteiger partial charge in [0.25, 0.3) is 0 Å². The Hall–Kier alpha value is -7.12. The number of Topliss-reactive ketones (excluding diaryl/α,β-unsaturated/α-hetero) is 1. The van der Waals surface area contributed by atoms with Gasteiger partial charge in [-0.3, -0.25) is 31.1 Å². The largest absolute Gasteiger partial charge is 0.444 e. The average molecular weight is 1110 g/mol. The number of allylic oxidation sites excluding steroid dienone is 1. The maximum Gasteiger partial charge on any atom is 0.422 e. The first-order valence-electron chi connectivity index (χ1n) is 27.0. The maximum atomic E-state index is 13.0. The summed E-state index contributed by atoms with van der Waals surface area (Å²) in [7, 11) is 0. The molecule has 0 saturated carbocycles. The number of carbonyl (C=O) groups excluding carboxylic acids is 6. The molecule has 0 radical (unpaired) electrons. The summed E-state index contributed by atoms with van der Waals surface area (Å²) < 4.78 is 34.3. The lowest BCUT2D eigenvalue weighted by Crippen LogP contribution is -2.55. The highest BCUT2D eigenvalue weighted by Gasteiger charge is 2.50. The van der Waals surface area contributed by atoms with Crippen LogP contribution in [0.15, 0.2) is 121 Å². The highest BCUT2D eigenvalue weighted by Crippen LogP contribution is 2.43. The molecule has 0 aromatic heterocycles. The van der Waals surface area contributed by atoms with Crippen molar-refractivity contribution in [2.45, 2.75) is 195 Å².